The molecule has 4 amide bonds. The third-order valence-corrected chi connectivity index (χ3v) is 6.07. The molecule has 0 aliphatic carbocycles. The Morgan fingerprint density at radius 3 is 2.58 bits per heavy atom. The van der Waals surface area contributed by atoms with E-state index in [1.807, 2.05) is 18.2 Å². The highest BCUT2D eigenvalue weighted by molar-refractivity contribution is 5.94. The van der Waals surface area contributed by atoms with E-state index in [4.69, 9.17) is 4.74 Å². The molecule has 0 spiro atoms. The van der Waals surface area contributed by atoms with Crippen molar-refractivity contribution < 1.29 is 33.8 Å². The minimum Gasteiger partial charge on any atom is -0.460 e. The number of aliphatic hydroxyl groups excluding tert-OH is 1. The van der Waals surface area contributed by atoms with E-state index >= 15 is 0 Å². The average molecular weight is 504 g/mol. The second-order valence-corrected chi connectivity index (χ2v) is 8.92. The molecule has 196 valence electrons. The molecule has 2 aliphatic heterocycles. The molecule has 36 heavy (non-hydrogen) atoms. The van der Waals surface area contributed by atoms with Crippen LogP contribution >= 0.6 is 0 Å². The molecule has 2 fully saturated rings. The van der Waals surface area contributed by atoms with Crippen molar-refractivity contribution in [1.82, 2.24) is 26.2 Å². The SMILES string of the molecule is C[C@H](NC(=O)CNC(=O)[C@@H]1C[C@@H](O)CN1C(=O)[C@@H]1CCCN1)C(=O)NCC(=O)OCc1ccccc1. The average Bonchev–Trinajstić information content (AvgIpc) is 3.55. The molecule has 2 saturated heterocycles. The standard InChI is InChI=1S/C24H33N5O7/c1-15(22(33)27-12-21(32)36-14-16-6-3-2-4-7-16)28-20(31)11-26-23(34)19-10-17(30)13-29(19)24(35)18-8-5-9-25-18/h2-4,6-7,15,17-19,25,30H,5,8-14H2,1H3,(H,26,34)(H,27,33)(H,28,31)/t15-,17+,18-,19-/m0/s1. The Morgan fingerprint density at radius 2 is 1.89 bits per heavy atom. The molecule has 5 N–H and O–H groups in total. The number of esters is 1. The lowest BCUT2D eigenvalue weighted by molar-refractivity contribution is -0.145. The van der Waals surface area contributed by atoms with E-state index in [-0.39, 0.29) is 38.1 Å². The van der Waals surface area contributed by atoms with Crippen LogP contribution < -0.4 is 21.3 Å². The maximum Gasteiger partial charge on any atom is 0.325 e. The van der Waals surface area contributed by atoms with E-state index in [1.54, 1.807) is 12.1 Å². The second kappa shape index (κ2) is 13.0. The van der Waals surface area contributed by atoms with Crippen LogP contribution in [0.15, 0.2) is 30.3 Å². The first-order valence-electron chi connectivity index (χ1n) is 12.0. The summed E-state index contributed by atoms with van der Waals surface area (Å²) in [6.07, 6.45) is 0.811. The van der Waals surface area contributed by atoms with Crippen LogP contribution in [0.3, 0.4) is 0 Å². The molecular weight excluding hydrogens is 470 g/mol. The van der Waals surface area contributed by atoms with Crippen LogP contribution in [0.25, 0.3) is 0 Å². The zero-order valence-electron chi connectivity index (χ0n) is 20.2. The van der Waals surface area contributed by atoms with Gasteiger partial charge in [0.2, 0.25) is 23.6 Å². The predicted octanol–water partition coefficient (Wildman–Crippen LogP) is -1.82. The van der Waals surface area contributed by atoms with Gasteiger partial charge in [0.05, 0.1) is 18.7 Å². The summed E-state index contributed by atoms with van der Waals surface area (Å²) >= 11 is 0. The van der Waals surface area contributed by atoms with Crippen molar-refractivity contribution in [2.24, 2.45) is 0 Å². The Balaban J connectivity index is 1.37. The van der Waals surface area contributed by atoms with Crippen molar-refractivity contribution >= 4 is 29.6 Å². The normalized spacial score (nSPS) is 21.9. The van der Waals surface area contributed by atoms with Gasteiger partial charge in [0.25, 0.3) is 0 Å². The van der Waals surface area contributed by atoms with E-state index < -0.39 is 48.4 Å². The first-order chi connectivity index (χ1) is 17.2. The highest BCUT2D eigenvalue weighted by Gasteiger charge is 2.41. The highest BCUT2D eigenvalue weighted by Crippen LogP contribution is 2.21. The number of rotatable bonds is 10. The van der Waals surface area contributed by atoms with Gasteiger partial charge in [0.15, 0.2) is 0 Å². The third-order valence-electron chi connectivity index (χ3n) is 6.07. The van der Waals surface area contributed by atoms with Crippen LogP contribution in [0, 0.1) is 0 Å². The van der Waals surface area contributed by atoms with Crippen LogP contribution in [-0.2, 0) is 35.3 Å². The predicted molar refractivity (Wildman–Crippen MR) is 127 cm³/mol. The topological polar surface area (TPSA) is 166 Å². The molecule has 0 aromatic heterocycles. The first kappa shape index (κ1) is 27.1. The number of amides is 4. The number of carbonyl (C=O) groups excluding carboxylic acids is 5. The molecule has 12 heteroatoms. The van der Waals surface area contributed by atoms with Gasteiger partial charge >= 0.3 is 5.97 Å². The van der Waals surface area contributed by atoms with E-state index in [2.05, 4.69) is 21.3 Å². The molecule has 12 nitrogen and oxygen atoms in total. The maximum absolute atomic E-state index is 12.7. The van der Waals surface area contributed by atoms with Gasteiger partial charge in [-0.3, -0.25) is 24.0 Å². The van der Waals surface area contributed by atoms with Crippen molar-refractivity contribution in [1.29, 1.82) is 0 Å². The van der Waals surface area contributed by atoms with E-state index in [0.717, 1.165) is 18.5 Å². The van der Waals surface area contributed by atoms with Crippen molar-refractivity contribution in [2.75, 3.05) is 26.2 Å². The van der Waals surface area contributed by atoms with Crippen molar-refractivity contribution in [3.63, 3.8) is 0 Å². The van der Waals surface area contributed by atoms with Crippen LogP contribution in [0.1, 0.15) is 31.7 Å². The Morgan fingerprint density at radius 1 is 1.14 bits per heavy atom. The molecule has 2 aliphatic rings. The monoisotopic (exact) mass is 503 g/mol. The lowest BCUT2D eigenvalue weighted by Gasteiger charge is -2.26. The van der Waals surface area contributed by atoms with Crippen molar-refractivity contribution in [3.8, 4) is 0 Å². The summed E-state index contributed by atoms with van der Waals surface area (Å²) in [6, 6.07) is 6.89. The first-order valence-corrected chi connectivity index (χ1v) is 12.0. The molecular formula is C24H33N5O7. The lowest BCUT2D eigenvalue weighted by Crippen LogP contribution is -2.53. The molecule has 4 atom stereocenters. The van der Waals surface area contributed by atoms with Gasteiger partial charge < -0.3 is 36.0 Å². The van der Waals surface area contributed by atoms with Crippen LogP contribution in [-0.4, -0.2) is 90.0 Å². The van der Waals surface area contributed by atoms with E-state index in [0.29, 0.717) is 6.42 Å². The van der Waals surface area contributed by atoms with Gasteiger partial charge in [0.1, 0.15) is 25.2 Å². The summed E-state index contributed by atoms with van der Waals surface area (Å²) in [5.74, 6) is -2.62. The number of carbonyl (C=O) groups is 5. The fraction of sp³-hybridized carbons (Fsp3) is 0.542. The van der Waals surface area contributed by atoms with Gasteiger partial charge in [-0.05, 0) is 31.9 Å². The number of ether oxygens (including phenoxy) is 1. The molecule has 0 bridgehead atoms. The number of nitrogens with one attached hydrogen (secondary N) is 4. The van der Waals surface area contributed by atoms with Crippen molar-refractivity contribution in [2.45, 2.75) is 57.0 Å². The molecule has 1 aromatic carbocycles. The number of likely N-dealkylation sites (tertiary alicyclic amines) is 1. The Labute approximate surface area is 209 Å². The van der Waals surface area contributed by atoms with Gasteiger partial charge in [-0.25, -0.2) is 0 Å². The Bertz CT molecular complexity index is 951. The maximum atomic E-state index is 12.7. The van der Waals surface area contributed by atoms with Crippen LogP contribution in [0.5, 0.6) is 0 Å². The summed E-state index contributed by atoms with van der Waals surface area (Å²) in [4.78, 5) is 62.9. The Hall–Kier alpha value is -3.51. The summed E-state index contributed by atoms with van der Waals surface area (Å²) in [5, 5.41) is 20.4. The van der Waals surface area contributed by atoms with E-state index in [9.17, 15) is 29.1 Å². The van der Waals surface area contributed by atoms with Gasteiger partial charge in [0, 0.05) is 13.0 Å². The highest BCUT2D eigenvalue weighted by atomic mass is 16.5. The van der Waals surface area contributed by atoms with E-state index in [1.165, 1.54) is 11.8 Å². The summed E-state index contributed by atoms with van der Waals surface area (Å²) in [6.45, 7) is 1.54. The fourth-order valence-electron chi connectivity index (χ4n) is 4.15. The fourth-order valence-corrected chi connectivity index (χ4v) is 4.15. The third kappa shape index (κ3) is 7.75. The molecule has 3 rings (SSSR count). The van der Waals surface area contributed by atoms with Gasteiger partial charge in [-0.15, -0.1) is 0 Å². The minimum absolute atomic E-state index is 0.0618. The molecule has 0 saturated carbocycles. The summed E-state index contributed by atoms with van der Waals surface area (Å²) in [7, 11) is 0. The number of nitrogens with zero attached hydrogens (tertiary/aromatic N) is 1. The summed E-state index contributed by atoms with van der Waals surface area (Å²) < 4.78 is 5.08. The van der Waals surface area contributed by atoms with Gasteiger partial charge in [-0.2, -0.15) is 0 Å². The number of β-amino-alcohol motifs (C(OH)–C–C–N with tert-alkyl or cyclic N) is 1. The minimum atomic E-state index is -0.962. The van der Waals surface area contributed by atoms with Crippen LogP contribution in [0.4, 0.5) is 0 Å². The number of hydrogen-bond acceptors (Lipinski definition) is 8. The molecule has 0 unspecified atom stereocenters. The molecule has 0 radical (unpaired) electrons. The Kier molecular flexibility index (Phi) is 9.77. The second-order valence-electron chi connectivity index (χ2n) is 8.92. The number of benzene rings is 1. The van der Waals surface area contributed by atoms with Crippen LogP contribution in [0.2, 0.25) is 0 Å². The molecule has 2 heterocycles. The lowest BCUT2D eigenvalue weighted by atomic mass is 10.1. The zero-order chi connectivity index (χ0) is 26.1. The smallest absolute Gasteiger partial charge is 0.325 e. The zero-order valence-corrected chi connectivity index (χ0v) is 20.2. The van der Waals surface area contributed by atoms with Gasteiger partial charge in [-0.1, -0.05) is 30.3 Å². The number of aliphatic hydroxyl groups is 1. The quantitative estimate of drug-likeness (QED) is 0.233. The molecule has 1 aromatic rings. The van der Waals surface area contributed by atoms with Crippen molar-refractivity contribution in [3.05, 3.63) is 35.9 Å². The number of hydrogen-bond donors (Lipinski definition) is 5. The largest absolute Gasteiger partial charge is 0.460 e. The summed E-state index contributed by atoms with van der Waals surface area (Å²) in [5.41, 5.74) is 0.814.